The lowest BCUT2D eigenvalue weighted by atomic mass is 10.3. The van der Waals surface area contributed by atoms with Gasteiger partial charge in [-0.2, -0.15) is 0 Å². The molecular formula is C10H13NOS. The number of hydrogen-bond donors (Lipinski definition) is 2. The van der Waals surface area contributed by atoms with Gasteiger partial charge in [0, 0.05) is 16.7 Å². The fraction of sp³-hybridized carbons (Fsp3) is 0.400. The molecule has 70 valence electrons. The second kappa shape index (κ2) is 4.03. The SMILES string of the molecule is Oc1ccc(S[C@@H]2CCNC2)cc1. The van der Waals surface area contributed by atoms with Crippen molar-refractivity contribution >= 4 is 11.8 Å². The van der Waals surface area contributed by atoms with Crippen LogP contribution in [0.3, 0.4) is 0 Å². The maximum absolute atomic E-state index is 9.10. The number of aromatic hydroxyl groups is 1. The average molecular weight is 195 g/mol. The van der Waals surface area contributed by atoms with Crippen LogP contribution in [-0.2, 0) is 0 Å². The van der Waals surface area contributed by atoms with E-state index in [4.69, 9.17) is 5.11 Å². The summed E-state index contributed by atoms with van der Waals surface area (Å²) in [4.78, 5) is 1.24. The zero-order valence-electron chi connectivity index (χ0n) is 7.36. The van der Waals surface area contributed by atoms with Crippen LogP contribution in [0.2, 0.25) is 0 Å². The number of nitrogens with one attached hydrogen (secondary N) is 1. The van der Waals surface area contributed by atoms with E-state index in [-0.39, 0.29) is 0 Å². The van der Waals surface area contributed by atoms with Gasteiger partial charge in [0.25, 0.3) is 0 Å². The predicted octanol–water partition coefficient (Wildman–Crippen LogP) is 1.85. The fourth-order valence-corrected chi connectivity index (χ4v) is 2.56. The molecule has 1 aromatic carbocycles. The van der Waals surface area contributed by atoms with Crippen LogP contribution >= 0.6 is 11.8 Å². The van der Waals surface area contributed by atoms with E-state index in [0.717, 1.165) is 13.1 Å². The van der Waals surface area contributed by atoms with Crippen molar-refractivity contribution in [1.29, 1.82) is 0 Å². The first kappa shape index (κ1) is 8.91. The monoisotopic (exact) mass is 195 g/mol. The minimum atomic E-state index is 0.342. The highest BCUT2D eigenvalue weighted by atomic mass is 32.2. The molecule has 0 aromatic heterocycles. The standard InChI is InChI=1S/C10H13NOS/c12-8-1-3-9(4-2-8)13-10-5-6-11-7-10/h1-4,10-12H,5-7H2/t10-/m1/s1. The zero-order valence-corrected chi connectivity index (χ0v) is 8.18. The minimum absolute atomic E-state index is 0.342. The van der Waals surface area contributed by atoms with Gasteiger partial charge in [-0.15, -0.1) is 11.8 Å². The third-order valence-electron chi connectivity index (χ3n) is 2.15. The van der Waals surface area contributed by atoms with Gasteiger partial charge in [-0.05, 0) is 37.2 Å². The summed E-state index contributed by atoms with van der Waals surface area (Å²) in [6.07, 6.45) is 1.24. The molecule has 3 heteroatoms. The summed E-state index contributed by atoms with van der Waals surface area (Å²) in [7, 11) is 0. The molecular weight excluding hydrogens is 182 g/mol. The van der Waals surface area contributed by atoms with Gasteiger partial charge in [0.2, 0.25) is 0 Å². The molecule has 0 radical (unpaired) electrons. The van der Waals surface area contributed by atoms with Crippen LogP contribution < -0.4 is 5.32 Å². The zero-order chi connectivity index (χ0) is 9.10. The Balaban J connectivity index is 1.97. The molecule has 0 spiro atoms. The third kappa shape index (κ3) is 2.39. The van der Waals surface area contributed by atoms with Crippen molar-refractivity contribution in [2.75, 3.05) is 13.1 Å². The maximum atomic E-state index is 9.10. The topological polar surface area (TPSA) is 32.3 Å². The van der Waals surface area contributed by atoms with Gasteiger partial charge in [0.05, 0.1) is 0 Å². The molecule has 2 N–H and O–H groups in total. The Morgan fingerprint density at radius 2 is 2.08 bits per heavy atom. The molecule has 1 heterocycles. The largest absolute Gasteiger partial charge is 0.508 e. The van der Waals surface area contributed by atoms with E-state index in [0.29, 0.717) is 11.0 Å². The molecule has 1 saturated heterocycles. The Morgan fingerprint density at radius 3 is 2.69 bits per heavy atom. The number of hydrogen-bond acceptors (Lipinski definition) is 3. The molecule has 0 bridgehead atoms. The molecule has 1 aliphatic heterocycles. The van der Waals surface area contributed by atoms with Crippen LogP contribution in [0.15, 0.2) is 29.2 Å². The number of phenols is 1. The quantitative estimate of drug-likeness (QED) is 0.755. The van der Waals surface area contributed by atoms with E-state index in [9.17, 15) is 0 Å². The summed E-state index contributed by atoms with van der Waals surface area (Å²) in [6, 6.07) is 7.42. The second-order valence-electron chi connectivity index (χ2n) is 3.23. The van der Waals surface area contributed by atoms with Crippen LogP contribution in [0, 0.1) is 0 Å². The lowest BCUT2D eigenvalue weighted by molar-refractivity contribution is 0.475. The van der Waals surface area contributed by atoms with Gasteiger partial charge >= 0.3 is 0 Å². The Bertz CT molecular complexity index is 267. The van der Waals surface area contributed by atoms with Gasteiger partial charge in [-0.25, -0.2) is 0 Å². The molecule has 1 fully saturated rings. The molecule has 13 heavy (non-hydrogen) atoms. The summed E-state index contributed by atoms with van der Waals surface area (Å²) in [6.45, 7) is 2.24. The normalized spacial score (nSPS) is 22.0. The number of rotatable bonds is 2. The molecule has 0 unspecified atom stereocenters. The molecule has 0 amide bonds. The highest BCUT2D eigenvalue weighted by molar-refractivity contribution is 8.00. The summed E-state index contributed by atoms with van der Waals surface area (Å²) >= 11 is 1.89. The van der Waals surface area contributed by atoms with Crippen LogP contribution in [-0.4, -0.2) is 23.4 Å². The Kier molecular flexibility index (Phi) is 2.76. The van der Waals surface area contributed by atoms with E-state index in [1.807, 2.05) is 23.9 Å². The number of benzene rings is 1. The lowest BCUT2D eigenvalue weighted by Gasteiger charge is -2.07. The van der Waals surface area contributed by atoms with E-state index < -0.39 is 0 Å². The van der Waals surface area contributed by atoms with Crippen LogP contribution in [0.1, 0.15) is 6.42 Å². The van der Waals surface area contributed by atoms with E-state index in [2.05, 4.69) is 5.32 Å². The maximum Gasteiger partial charge on any atom is 0.115 e. The van der Waals surface area contributed by atoms with Crippen molar-refractivity contribution in [2.24, 2.45) is 0 Å². The van der Waals surface area contributed by atoms with Gasteiger partial charge in [-0.1, -0.05) is 0 Å². The van der Waals surface area contributed by atoms with Crippen LogP contribution in [0.5, 0.6) is 5.75 Å². The highest BCUT2D eigenvalue weighted by Gasteiger charge is 2.14. The Labute approximate surface area is 82.4 Å². The van der Waals surface area contributed by atoms with Crippen molar-refractivity contribution < 1.29 is 5.11 Å². The van der Waals surface area contributed by atoms with Crippen molar-refractivity contribution in [3.8, 4) is 5.75 Å². The van der Waals surface area contributed by atoms with Crippen LogP contribution in [0.4, 0.5) is 0 Å². The summed E-state index contributed by atoms with van der Waals surface area (Å²) in [5, 5.41) is 13.1. The van der Waals surface area contributed by atoms with Crippen LogP contribution in [0.25, 0.3) is 0 Å². The van der Waals surface area contributed by atoms with Crippen molar-refractivity contribution in [1.82, 2.24) is 5.32 Å². The first-order valence-corrected chi connectivity index (χ1v) is 5.39. The summed E-state index contributed by atoms with van der Waals surface area (Å²) < 4.78 is 0. The van der Waals surface area contributed by atoms with Gasteiger partial charge in [0.15, 0.2) is 0 Å². The fourth-order valence-electron chi connectivity index (χ4n) is 1.45. The summed E-state index contributed by atoms with van der Waals surface area (Å²) in [5.41, 5.74) is 0. The Hall–Kier alpha value is -0.670. The lowest BCUT2D eigenvalue weighted by Crippen LogP contribution is -2.09. The Morgan fingerprint density at radius 1 is 1.31 bits per heavy atom. The molecule has 1 aliphatic rings. The van der Waals surface area contributed by atoms with Crippen molar-refractivity contribution in [3.63, 3.8) is 0 Å². The summed E-state index contributed by atoms with van der Waals surface area (Å²) in [5.74, 6) is 0.342. The minimum Gasteiger partial charge on any atom is -0.508 e. The van der Waals surface area contributed by atoms with Crippen molar-refractivity contribution in [3.05, 3.63) is 24.3 Å². The van der Waals surface area contributed by atoms with E-state index in [1.165, 1.54) is 11.3 Å². The third-order valence-corrected chi connectivity index (χ3v) is 3.43. The second-order valence-corrected chi connectivity index (χ2v) is 4.60. The highest BCUT2D eigenvalue weighted by Crippen LogP contribution is 2.27. The van der Waals surface area contributed by atoms with Gasteiger partial charge in [0.1, 0.15) is 5.75 Å². The average Bonchev–Trinajstić information content (AvgIpc) is 2.62. The smallest absolute Gasteiger partial charge is 0.115 e. The van der Waals surface area contributed by atoms with E-state index in [1.54, 1.807) is 12.1 Å². The molecule has 1 atom stereocenters. The number of phenolic OH excluding ortho intramolecular Hbond substituents is 1. The molecule has 2 rings (SSSR count). The van der Waals surface area contributed by atoms with Crippen molar-refractivity contribution in [2.45, 2.75) is 16.6 Å². The molecule has 2 nitrogen and oxygen atoms in total. The molecule has 0 saturated carbocycles. The first-order chi connectivity index (χ1) is 6.34. The number of thioether (sulfide) groups is 1. The van der Waals surface area contributed by atoms with Gasteiger partial charge in [-0.3, -0.25) is 0 Å². The molecule has 1 aromatic rings. The first-order valence-electron chi connectivity index (χ1n) is 4.51. The van der Waals surface area contributed by atoms with E-state index >= 15 is 0 Å². The molecule has 0 aliphatic carbocycles. The van der Waals surface area contributed by atoms with Gasteiger partial charge < -0.3 is 10.4 Å². The predicted molar refractivity (Wildman–Crippen MR) is 55.2 cm³/mol.